The number of benzene rings is 1. The first-order valence-electron chi connectivity index (χ1n) is 6.41. The van der Waals surface area contributed by atoms with Crippen LogP contribution in [-0.2, 0) is 11.3 Å². The lowest BCUT2D eigenvalue weighted by atomic mass is 10.1. The van der Waals surface area contributed by atoms with E-state index >= 15 is 0 Å². The highest BCUT2D eigenvalue weighted by Crippen LogP contribution is 2.28. The number of fused-ring (bicyclic) bond motifs is 1. The molecular weight excluding hydrogens is 360 g/mol. The minimum absolute atomic E-state index is 0.0965. The number of rotatable bonds is 4. The molecule has 1 heterocycles. The van der Waals surface area contributed by atoms with Crippen molar-refractivity contribution >= 4 is 32.8 Å². The van der Waals surface area contributed by atoms with Crippen molar-refractivity contribution in [2.24, 2.45) is 0 Å². The fourth-order valence-electron chi connectivity index (χ4n) is 2.10. The van der Waals surface area contributed by atoms with Crippen molar-refractivity contribution in [3.8, 4) is 0 Å². The number of halogens is 3. The zero-order valence-corrected chi connectivity index (χ0v) is 13.2. The molecule has 116 valence electrons. The van der Waals surface area contributed by atoms with Gasteiger partial charge in [-0.2, -0.15) is 0 Å². The van der Waals surface area contributed by atoms with Crippen LogP contribution in [0.1, 0.15) is 17.3 Å². The quantitative estimate of drug-likeness (QED) is 0.470. The Labute approximate surface area is 133 Å². The number of hydrogen-bond acceptors (Lipinski definition) is 3. The van der Waals surface area contributed by atoms with Crippen molar-refractivity contribution in [3.63, 3.8) is 0 Å². The Morgan fingerprint density at radius 2 is 2.18 bits per heavy atom. The zero-order valence-electron chi connectivity index (χ0n) is 11.7. The van der Waals surface area contributed by atoms with Crippen LogP contribution in [0.5, 0.6) is 0 Å². The lowest BCUT2D eigenvalue weighted by Gasteiger charge is -2.13. The van der Waals surface area contributed by atoms with Crippen molar-refractivity contribution in [2.75, 3.05) is 6.61 Å². The van der Waals surface area contributed by atoms with Gasteiger partial charge in [-0.05, 0) is 28.9 Å². The van der Waals surface area contributed by atoms with E-state index in [4.69, 9.17) is 4.74 Å². The highest BCUT2D eigenvalue weighted by molar-refractivity contribution is 9.10. The van der Waals surface area contributed by atoms with Gasteiger partial charge in [0.15, 0.2) is 11.6 Å². The van der Waals surface area contributed by atoms with Crippen molar-refractivity contribution in [1.82, 2.24) is 4.57 Å². The summed E-state index contributed by atoms with van der Waals surface area (Å²) in [5, 5.41) is -0.113. The van der Waals surface area contributed by atoms with Crippen LogP contribution in [0.4, 0.5) is 8.78 Å². The van der Waals surface area contributed by atoms with Crippen LogP contribution in [0.15, 0.2) is 34.2 Å². The van der Waals surface area contributed by atoms with Crippen molar-refractivity contribution in [1.29, 1.82) is 0 Å². The molecule has 0 amide bonds. The number of pyridine rings is 1. The topological polar surface area (TPSA) is 48.3 Å². The number of esters is 1. The van der Waals surface area contributed by atoms with Gasteiger partial charge in [-0.1, -0.05) is 6.08 Å². The number of aromatic nitrogens is 1. The van der Waals surface area contributed by atoms with Crippen LogP contribution in [-0.4, -0.2) is 17.1 Å². The highest BCUT2D eigenvalue weighted by Gasteiger charge is 2.21. The Bertz CT molecular complexity index is 830. The minimum atomic E-state index is -1.18. The fourth-order valence-corrected chi connectivity index (χ4v) is 2.73. The van der Waals surface area contributed by atoms with Crippen LogP contribution in [0.2, 0.25) is 0 Å². The molecule has 2 aromatic rings. The summed E-state index contributed by atoms with van der Waals surface area (Å²) in [5.74, 6) is -3.09. The van der Waals surface area contributed by atoms with Gasteiger partial charge in [-0.3, -0.25) is 4.79 Å². The molecule has 4 nitrogen and oxygen atoms in total. The number of nitrogens with zero attached hydrogens (tertiary/aromatic N) is 1. The van der Waals surface area contributed by atoms with Crippen LogP contribution < -0.4 is 5.43 Å². The van der Waals surface area contributed by atoms with Gasteiger partial charge in [0.1, 0.15) is 5.56 Å². The smallest absolute Gasteiger partial charge is 0.343 e. The van der Waals surface area contributed by atoms with Crippen molar-refractivity contribution in [2.45, 2.75) is 13.5 Å². The fraction of sp³-hybridized carbons (Fsp3) is 0.200. The molecule has 0 aliphatic rings. The number of carbonyl (C=O) groups excluding carboxylic acids is 1. The molecule has 0 N–H and O–H groups in total. The van der Waals surface area contributed by atoms with E-state index in [1.807, 2.05) is 0 Å². The number of allylic oxidation sites excluding steroid dienone is 1. The van der Waals surface area contributed by atoms with Crippen LogP contribution in [0.25, 0.3) is 10.9 Å². The summed E-state index contributed by atoms with van der Waals surface area (Å²) in [4.78, 5) is 24.2. The molecule has 1 aromatic heterocycles. The summed E-state index contributed by atoms with van der Waals surface area (Å²) in [6, 6.07) is 0.778. The molecular formula is C15H12BrF2NO3. The Hall–Kier alpha value is -2.02. The molecule has 0 saturated heterocycles. The van der Waals surface area contributed by atoms with Gasteiger partial charge in [0.25, 0.3) is 0 Å². The van der Waals surface area contributed by atoms with Gasteiger partial charge in [0.2, 0.25) is 5.43 Å². The first kappa shape index (κ1) is 16.4. The van der Waals surface area contributed by atoms with E-state index < -0.39 is 23.0 Å². The average molecular weight is 372 g/mol. The molecule has 1 aromatic carbocycles. The molecule has 0 atom stereocenters. The molecule has 0 spiro atoms. The molecule has 0 aliphatic carbocycles. The summed E-state index contributed by atoms with van der Waals surface area (Å²) in [6.45, 7) is 5.47. The lowest BCUT2D eigenvalue weighted by molar-refractivity contribution is 0.0524. The monoisotopic (exact) mass is 371 g/mol. The average Bonchev–Trinajstić information content (AvgIpc) is 2.48. The number of carbonyl (C=O) groups is 1. The summed E-state index contributed by atoms with van der Waals surface area (Å²) < 4.78 is 33.4. The van der Waals surface area contributed by atoms with E-state index in [9.17, 15) is 18.4 Å². The van der Waals surface area contributed by atoms with Gasteiger partial charge in [-0.15, -0.1) is 6.58 Å². The molecule has 22 heavy (non-hydrogen) atoms. The Morgan fingerprint density at radius 3 is 2.77 bits per heavy atom. The predicted octanol–water partition coefficient (Wildman–Crippen LogP) is 3.40. The molecule has 0 fully saturated rings. The Balaban J connectivity index is 2.91. The summed E-state index contributed by atoms with van der Waals surface area (Å²) >= 11 is 2.95. The molecule has 0 saturated carbocycles. The van der Waals surface area contributed by atoms with Gasteiger partial charge in [0, 0.05) is 12.7 Å². The van der Waals surface area contributed by atoms with E-state index in [-0.39, 0.29) is 34.1 Å². The normalized spacial score (nSPS) is 10.7. The van der Waals surface area contributed by atoms with Gasteiger partial charge < -0.3 is 9.30 Å². The molecule has 0 radical (unpaired) electrons. The molecule has 0 unspecified atom stereocenters. The van der Waals surface area contributed by atoms with E-state index in [0.717, 1.165) is 6.07 Å². The third-order valence-electron chi connectivity index (χ3n) is 3.02. The van der Waals surface area contributed by atoms with Crippen LogP contribution in [0, 0.1) is 11.6 Å². The van der Waals surface area contributed by atoms with Gasteiger partial charge >= 0.3 is 5.97 Å². The maximum absolute atomic E-state index is 13.7. The van der Waals surface area contributed by atoms with E-state index in [1.165, 1.54) is 16.8 Å². The van der Waals surface area contributed by atoms with Crippen molar-refractivity contribution in [3.05, 3.63) is 56.8 Å². The summed E-state index contributed by atoms with van der Waals surface area (Å²) in [7, 11) is 0. The first-order valence-corrected chi connectivity index (χ1v) is 7.20. The molecule has 7 heteroatoms. The van der Waals surface area contributed by atoms with E-state index in [2.05, 4.69) is 22.5 Å². The molecule has 0 aliphatic heterocycles. The predicted molar refractivity (Wildman–Crippen MR) is 82.0 cm³/mol. The van der Waals surface area contributed by atoms with Crippen LogP contribution >= 0.6 is 15.9 Å². The number of ether oxygens (including phenoxy) is 1. The second-order valence-electron chi connectivity index (χ2n) is 4.42. The largest absolute Gasteiger partial charge is 0.462 e. The third kappa shape index (κ3) is 2.68. The third-order valence-corrected chi connectivity index (χ3v) is 3.74. The maximum Gasteiger partial charge on any atom is 0.343 e. The second kappa shape index (κ2) is 6.39. The van der Waals surface area contributed by atoms with Crippen molar-refractivity contribution < 1.29 is 18.3 Å². The molecule has 0 bridgehead atoms. The maximum atomic E-state index is 13.7. The van der Waals surface area contributed by atoms with Crippen LogP contribution in [0.3, 0.4) is 0 Å². The lowest BCUT2D eigenvalue weighted by Crippen LogP contribution is -2.21. The van der Waals surface area contributed by atoms with E-state index in [0.29, 0.717) is 0 Å². The van der Waals surface area contributed by atoms with Gasteiger partial charge in [0.05, 0.1) is 22.0 Å². The Morgan fingerprint density at radius 1 is 1.50 bits per heavy atom. The zero-order chi connectivity index (χ0) is 16.4. The first-order chi connectivity index (χ1) is 10.4. The van der Waals surface area contributed by atoms with Gasteiger partial charge in [-0.25, -0.2) is 13.6 Å². The SMILES string of the molecule is C=CCn1cc(C(=O)OCC)c(=O)c2cc(F)c(F)c(Br)c21. The summed E-state index contributed by atoms with van der Waals surface area (Å²) in [6.07, 6.45) is 2.76. The number of hydrogen-bond donors (Lipinski definition) is 0. The standard InChI is InChI=1S/C15H12BrF2NO3/c1-3-5-19-7-9(15(21)22-4-2)14(20)8-6-10(17)12(18)11(16)13(8)19/h3,6-7H,1,4-5H2,2H3. The van der Waals surface area contributed by atoms with E-state index in [1.54, 1.807) is 6.92 Å². The summed E-state index contributed by atoms with van der Waals surface area (Å²) in [5.41, 5.74) is -0.806. The minimum Gasteiger partial charge on any atom is -0.462 e. The highest BCUT2D eigenvalue weighted by atomic mass is 79.9. The Kier molecular flexibility index (Phi) is 4.75. The second-order valence-corrected chi connectivity index (χ2v) is 5.21. The molecule has 2 rings (SSSR count).